The molecule has 0 unspecified atom stereocenters. The van der Waals surface area contributed by atoms with Crippen molar-refractivity contribution in [2.75, 3.05) is 32.8 Å². The number of aromatic amines is 2. The molecule has 152 valence electrons. The SMILES string of the molecule is CCCCc1nc(Cl)c(CN2C[C@@H]3COC[C@H](C2)N(C(=O)c2ccc[nH]2)C3)[nH]1. The van der Waals surface area contributed by atoms with Crippen LogP contribution in [0.15, 0.2) is 18.3 Å². The Morgan fingerprint density at radius 2 is 2.25 bits per heavy atom. The molecule has 2 aromatic heterocycles. The number of H-pyrrole nitrogens is 2. The van der Waals surface area contributed by atoms with Crippen LogP contribution in [0, 0.1) is 5.92 Å². The fourth-order valence-electron chi connectivity index (χ4n) is 4.17. The monoisotopic (exact) mass is 405 g/mol. The van der Waals surface area contributed by atoms with E-state index in [0.29, 0.717) is 24.1 Å². The van der Waals surface area contributed by atoms with Crippen LogP contribution in [0.25, 0.3) is 0 Å². The first-order valence-corrected chi connectivity index (χ1v) is 10.5. The minimum Gasteiger partial charge on any atom is -0.379 e. The summed E-state index contributed by atoms with van der Waals surface area (Å²) in [5.74, 6) is 1.30. The van der Waals surface area contributed by atoms with Crippen LogP contribution >= 0.6 is 11.6 Å². The van der Waals surface area contributed by atoms with E-state index in [2.05, 4.69) is 26.8 Å². The second-order valence-corrected chi connectivity index (χ2v) is 8.21. The van der Waals surface area contributed by atoms with Gasteiger partial charge >= 0.3 is 0 Å². The Labute approximate surface area is 170 Å². The number of nitrogens with one attached hydrogen (secondary N) is 2. The number of aryl methyl sites for hydroxylation is 1. The Bertz CT molecular complexity index is 791. The predicted molar refractivity (Wildman–Crippen MR) is 107 cm³/mol. The Morgan fingerprint density at radius 3 is 3.04 bits per heavy atom. The number of carbonyl (C=O) groups excluding carboxylic acids is 1. The molecule has 7 nitrogen and oxygen atoms in total. The van der Waals surface area contributed by atoms with Crippen molar-refractivity contribution in [2.24, 2.45) is 5.92 Å². The first-order chi connectivity index (χ1) is 13.6. The summed E-state index contributed by atoms with van der Waals surface area (Å²) >= 11 is 6.39. The van der Waals surface area contributed by atoms with Gasteiger partial charge in [-0.15, -0.1) is 0 Å². The predicted octanol–water partition coefficient (Wildman–Crippen LogP) is 2.71. The molecule has 0 aliphatic carbocycles. The summed E-state index contributed by atoms with van der Waals surface area (Å²) < 4.78 is 5.85. The lowest BCUT2D eigenvalue weighted by molar-refractivity contribution is 0.0420. The molecule has 4 rings (SSSR count). The van der Waals surface area contributed by atoms with Gasteiger partial charge < -0.3 is 19.6 Å². The number of nitrogens with zero attached hydrogens (tertiary/aromatic N) is 3. The highest BCUT2D eigenvalue weighted by Crippen LogP contribution is 2.24. The van der Waals surface area contributed by atoms with Gasteiger partial charge in [-0.05, 0) is 18.6 Å². The number of imidazole rings is 1. The van der Waals surface area contributed by atoms with Gasteiger partial charge in [0.25, 0.3) is 5.91 Å². The summed E-state index contributed by atoms with van der Waals surface area (Å²) in [4.78, 5) is 28.2. The van der Waals surface area contributed by atoms with Crippen LogP contribution in [-0.2, 0) is 17.7 Å². The van der Waals surface area contributed by atoms with E-state index in [1.807, 2.05) is 17.0 Å². The molecule has 2 bridgehead atoms. The molecule has 2 aliphatic heterocycles. The molecule has 1 amide bonds. The second-order valence-electron chi connectivity index (χ2n) is 7.85. The lowest BCUT2D eigenvalue weighted by atomic mass is 10.1. The van der Waals surface area contributed by atoms with Gasteiger partial charge in [0.1, 0.15) is 11.5 Å². The Balaban J connectivity index is 1.48. The smallest absolute Gasteiger partial charge is 0.270 e. The highest BCUT2D eigenvalue weighted by molar-refractivity contribution is 6.30. The van der Waals surface area contributed by atoms with E-state index in [-0.39, 0.29) is 17.9 Å². The number of amides is 1. The Hall–Kier alpha value is -1.83. The maximum Gasteiger partial charge on any atom is 0.270 e. The molecule has 2 saturated heterocycles. The molecular weight excluding hydrogens is 378 g/mol. The van der Waals surface area contributed by atoms with Gasteiger partial charge in [-0.25, -0.2) is 4.98 Å². The third kappa shape index (κ3) is 4.26. The number of hydrogen-bond donors (Lipinski definition) is 2. The molecule has 2 aromatic rings. The van der Waals surface area contributed by atoms with Gasteiger partial charge in [0.05, 0.1) is 24.9 Å². The van der Waals surface area contributed by atoms with Crippen molar-refractivity contribution < 1.29 is 9.53 Å². The zero-order valence-corrected chi connectivity index (χ0v) is 17.0. The van der Waals surface area contributed by atoms with Gasteiger partial charge in [0.2, 0.25) is 0 Å². The van der Waals surface area contributed by atoms with Crippen molar-refractivity contribution in [3.63, 3.8) is 0 Å². The molecule has 0 aromatic carbocycles. The van der Waals surface area contributed by atoms with Crippen LogP contribution in [0.4, 0.5) is 0 Å². The van der Waals surface area contributed by atoms with Crippen LogP contribution in [-0.4, -0.2) is 69.5 Å². The van der Waals surface area contributed by atoms with Crippen LogP contribution in [0.5, 0.6) is 0 Å². The number of ether oxygens (including phenoxy) is 1. The molecule has 2 aliphatic rings. The van der Waals surface area contributed by atoms with Crippen molar-refractivity contribution in [2.45, 2.75) is 38.8 Å². The molecule has 2 fully saturated rings. The standard InChI is InChI=1S/C20H28ClN5O2/c1-2-3-6-18-23-17(19(21)24-18)11-25-8-14-9-26(15(10-25)13-28-12-14)20(27)16-5-4-7-22-16/h4-5,7,14-15,22H,2-3,6,8-13H2,1H3,(H,23,24)/t14-,15-/m0/s1. The molecule has 2 N–H and O–H groups in total. The summed E-state index contributed by atoms with van der Waals surface area (Å²) in [5, 5.41) is 0.566. The van der Waals surface area contributed by atoms with Gasteiger partial charge in [0, 0.05) is 44.7 Å². The van der Waals surface area contributed by atoms with Crippen molar-refractivity contribution in [3.05, 3.63) is 40.7 Å². The highest BCUT2D eigenvalue weighted by atomic mass is 35.5. The van der Waals surface area contributed by atoms with E-state index in [0.717, 1.165) is 57.0 Å². The quantitative estimate of drug-likeness (QED) is 0.774. The van der Waals surface area contributed by atoms with E-state index in [4.69, 9.17) is 16.3 Å². The largest absolute Gasteiger partial charge is 0.379 e. The third-order valence-electron chi connectivity index (χ3n) is 5.56. The van der Waals surface area contributed by atoms with Crippen LogP contribution < -0.4 is 0 Å². The fraction of sp³-hybridized carbons (Fsp3) is 0.600. The molecule has 4 heterocycles. The number of carbonyl (C=O) groups is 1. The maximum absolute atomic E-state index is 13.0. The minimum absolute atomic E-state index is 0.0320. The van der Waals surface area contributed by atoms with Crippen LogP contribution in [0.1, 0.15) is 41.8 Å². The Kier molecular flexibility index (Phi) is 6.04. The highest BCUT2D eigenvalue weighted by Gasteiger charge is 2.36. The lowest BCUT2D eigenvalue weighted by Crippen LogP contribution is -2.46. The number of aromatic nitrogens is 3. The normalized spacial score (nSPS) is 23.0. The summed E-state index contributed by atoms with van der Waals surface area (Å²) in [7, 11) is 0. The number of rotatable bonds is 6. The maximum atomic E-state index is 13.0. The fourth-order valence-corrected chi connectivity index (χ4v) is 4.38. The summed E-state index contributed by atoms with van der Waals surface area (Å²) in [6, 6.07) is 3.72. The zero-order valence-electron chi connectivity index (χ0n) is 16.3. The van der Waals surface area contributed by atoms with Gasteiger partial charge in [-0.1, -0.05) is 24.9 Å². The third-order valence-corrected chi connectivity index (χ3v) is 5.87. The molecule has 0 spiro atoms. The summed E-state index contributed by atoms with van der Waals surface area (Å²) in [6.45, 7) is 6.50. The number of unbranched alkanes of at least 4 members (excludes halogenated alkanes) is 1. The van der Waals surface area contributed by atoms with Crippen molar-refractivity contribution in [3.8, 4) is 0 Å². The topological polar surface area (TPSA) is 77.2 Å². The number of halogens is 1. The van der Waals surface area contributed by atoms with Gasteiger partial charge in [-0.3, -0.25) is 9.69 Å². The second kappa shape index (κ2) is 8.68. The van der Waals surface area contributed by atoms with Crippen LogP contribution in [0.2, 0.25) is 5.15 Å². The molecule has 28 heavy (non-hydrogen) atoms. The van der Waals surface area contributed by atoms with Gasteiger partial charge in [-0.2, -0.15) is 0 Å². The molecular formula is C20H28ClN5O2. The first kappa shape index (κ1) is 19.5. The first-order valence-electron chi connectivity index (χ1n) is 10.1. The zero-order chi connectivity index (χ0) is 19.5. The van der Waals surface area contributed by atoms with E-state index in [1.165, 1.54) is 0 Å². The average Bonchev–Trinajstić information content (AvgIpc) is 3.22. The number of fused-ring (bicyclic) bond motifs is 3. The van der Waals surface area contributed by atoms with E-state index in [1.54, 1.807) is 6.20 Å². The van der Waals surface area contributed by atoms with Crippen molar-refractivity contribution >= 4 is 17.5 Å². The van der Waals surface area contributed by atoms with Crippen LogP contribution in [0.3, 0.4) is 0 Å². The van der Waals surface area contributed by atoms with E-state index < -0.39 is 0 Å². The van der Waals surface area contributed by atoms with E-state index >= 15 is 0 Å². The van der Waals surface area contributed by atoms with Gasteiger partial charge in [0.15, 0.2) is 5.15 Å². The molecule has 0 saturated carbocycles. The number of hydrogen-bond acceptors (Lipinski definition) is 4. The molecule has 2 atom stereocenters. The molecule has 0 radical (unpaired) electrons. The summed E-state index contributed by atoms with van der Waals surface area (Å²) in [6.07, 6.45) is 4.95. The van der Waals surface area contributed by atoms with Crippen molar-refractivity contribution in [1.29, 1.82) is 0 Å². The minimum atomic E-state index is 0.0320. The van der Waals surface area contributed by atoms with E-state index in [9.17, 15) is 4.79 Å². The summed E-state index contributed by atoms with van der Waals surface area (Å²) in [5.41, 5.74) is 1.60. The molecule has 8 heteroatoms. The average molecular weight is 406 g/mol. The van der Waals surface area contributed by atoms with Crippen molar-refractivity contribution in [1.82, 2.24) is 24.8 Å². The lowest BCUT2D eigenvalue weighted by Gasteiger charge is -2.30. The Morgan fingerprint density at radius 1 is 1.36 bits per heavy atom.